The zero-order valence-corrected chi connectivity index (χ0v) is 20.5. The summed E-state index contributed by atoms with van der Waals surface area (Å²) >= 11 is 5.01. The highest BCUT2D eigenvalue weighted by Gasteiger charge is 2.23. The number of nitrogens with one attached hydrogen (secondary N) is 2. The first kappa shape index (κ1) is 22.0. The number of carbonyl (C=O) groups is 1. The van der Waals surface area contributed by atoms with Gasteiger partial charge in [-0.25, -0.2) is 4.98 Å². The number of aryl methyl sites for hydroxylation is 1. The highest BCUT2D eigenvalue weighted by Crippen LogP contribution is 2.29. The Labute approximate surface area is 195 Å². The van der Waals surface area contributed by atoms with E-state index in [4.69, 9.17) is 9.97 Å². The molecule has 1 saturated carbocycles. The summed E-state index contributed by atoms with van der Waals surface area (Å²) < 4.78 is 1.00. The van der Waals surface area contributed by atoms with Gasteiger partial charge in [0.05, 0.1) is 10.4 Å². The van der Waals surface area contributed by atoms with Crippen LogP contribution in [0.25, 0.3) is 10.9 Å². The second-order valence-corrected chi connectivity index (χ2v) is 10.5. The summed E-state index contributed by atoms with van der Waals surface area (Å²) in [5.41, 5.74) is 0.954. The van der Waals surface area contributed by atoms with Crippen molar-refractivity contribution in [1.82, 2.24) is 15.3 Å². The molecule has 8 heteroatoms. The summed E-state index contributed by atoms with van der Waals surface area (Å²) in [5, 5.41) is 7.72. The van der Waals surface area contributed by atoms with Crippen LogP contribution in [0.1, 0.15) is 40.2 Å². The van der Waals surface area contributed by atoms with Gasteiger partial charge < -0.3 is 15.5 Å². The Bertz CT molecular complexity index is 1060. The molecule has 0 saturated heterocycles. The van der Waals surface area contributed by atoms with Crippen LogP contribution >= 0.6 is 27.3 Å². The van der Waals surface area contributed by atoms with E-state index in [1.54, 1.807) is 0 Å². The van der Waals surface area contributed by atoms with Gasteiger partial charge in [-0.1, -0.05) is 12.1 Å². The Kier molecular flexibility index (Phi) is 6.77. The van der Waals surface area contributed by atoms with Crippen molar-refractivity contribution in [3.05, 3.63) is 44.6 Å². The van der Waals surface area contributed by atoms with E-state index in [1.165, 1.54) is 11.3 Å². The number of hydrogen-bond donors (Lipinski definition) is 2. The van der Waals surface area contributed by atoms with Crippen molar-refractivity contribution in [2.75, 3.05) is 30.9 Å². The smallest absolute Gasteiger partial charge is 0.261 e. The summed E-state index contributed by atoms with van der Waals surface area (Å²) in [6, 6.07) is 10.4. The lowest BCUT2D eigenvalue weighted by atomic mass is 9.86. The number of thiophene rings is 1. The van der Waals surface area contributed by atoms with E-state index < -0.39 is 0 Å². The molecule has 0 atom stereocenters. The molecule has 1 aliphatic rings. The highest BCUT2D eigenvalue weighted by molar-refractivity contribution is 9.10. The number of halogens is 1. The lowest BCUT2D eigenvalue weighted by Crippen LogP contribution is -2.34. The molecule has 1 amide bonds. The number of carbonyl (C=O) groups excluding carboxylic acids is 1. The fraction of sp³-hybridized carbons (Fsp3) is 0.435. The fourth-order valence-corrected chi connectivity index (χ4v) is 5.51. The van der Waals surface area contributed by atoms with Crippen molar-refractivity contribution < 1.29 is 4.79 Å². The second-order valence-electron chi connectivity index (χ2n) is 8.37. The van der Waals surface area contributed by atoms with Crippen molar-refractivity contribution >= 4 is 55.8 Å². The number of hydrogen-bond acceptors (Lipinski definition) is 6. The number of aromatic nitrogens is 2. The number of rotatable bonds is 6. The maximum atomic E-state index is 12.4. The van der Waals surface area contributed by atoms with Gasteiger partial charge >= 0.3 is 0 Å². The van der Waals surface area contributed by atoms with E-state index >= 15 is 0 Å². The molecule has 1 aromatic carbocycles. The molecular weight excluding hydrogens is 474 g/mol. The molecule has 0 aliphatic heterocycles. The molecular formula is C23H28BrN5OS. The average molecular weight is 502 g/mol. The van der Waals surface area contributed by atoms with Gasteiger partial charge in [-0.2, -0.15) is 4.98 Å². The summed E-state index contributed by atoms with van der Waals surface area (Å²) in [7, 11) is 4.02. The van der Waals surface area contributed by atoms with Crippen molar-refractivity contribution in [2.45, 2.75) is 38.6 Å². The van der Waals surface area contributed by atoms with Crippen LogP contribution < -0.4 is 15.5 Å². The van der Waals surface area contributed by atoms with Gasteiger partial charge in [0, 0.05) is 41.4 Å². The van der Waals surface area contributed by atoms with Crippen molar-refractivity contribution in [3.8, 4) is 0 Å². The lowest BCUT2D eigenvalue weighted by molar-refractivity contribution is 0.0947. The lowest BCUT2D eigenvalue weighted by Gasteiger charge is -2.29. The second kappa shape index (κ2) is 9.53. The first-order valence-corrected chi connectivity index (χ1v) is 12.3. The molecule has 164 valence electrons. The van der Waals surface area contributed by atoms with Gasteiger partial charge in [-0.3, -0.25) is 4.79 Å². The van der Waals surface area contributed by atoms with E-state index in [9.17, 15) is 4.79 Å². The van der Waals surface area contributed by atoms with Crippen molar-refractivity contribution in [1.29, 1.82) is 0 Å². The zero-order valence-electron chi connectivity index (χ0n) is 18.1. The number of fused-ring (bicyclic) bond motifs is 1. The van der Waals surface area contributed by atoms with E-state index in [0.29, 0.717) is 17.9 Å². The summed E-state index contributed by atoms with van der Waals surface area (Å²) in [6.07, 6.45) is 4.27. The minimum atomic E-state index is 0.0276. The van der Waals surface area contributed by atoms with Crippen molar-refractivity contribution in [3.63, 3.8) is 0 Å². The maximum Gasteiger partial charge on any atom is 0.261 e. The standard InChI is InChI=1S/C23H28BrN5OS/c1-14-18(24)12-20(31-14)22(30)25-13-15-8-10-16(11-9-15)26-23-27-19-7-5-4-6-17(19)21(28-23)29(2)3/h4-7,12,15-16H,8-11,13H2,1-3H3,(H,25,30)(H,26,27,28). The maximum absolute atomic E-state index is 12.4. The molecule has 2 N–H and O–H groups in total. The van der Waals surface area contributed by atoms with Crippen LogP contribution in [-0.2, 0) is 0 Å². The minimum absolute atomic E-state index is 0.0276. The SMILES string of the molecule is Cc1sc(C(=O)NCC2CCC(Nc3nc(N(C)C)c4ccccc4n3)CC2)cc1Br. The first-order chi connectivity index (χ1) is 14.9. The zero-order chi connectivity index (χ0) is 22.0. The summed E-state index contributed by atoms with van der Waals surface area (Å²) in [5.74, 6) is 2.17. The predicted octanol–water partition coefficient (Wildman–Crippen LogP) is 5.23. The Morgan fingerprint density at radius 1 is 1.19 bits per heavy atom. The van der Waals surface area contributed by atoms with Crippen LogP contribution in [-0.4, -0.2) is 42.6 Å². The average Bonchev–Trinajstić information content (AvgIpc) is 3.11. The molecule has 6 nitrogen and oxygen atoms in total. The number of nitrogens with zero attached hydrogens (tertiary/aromatic N) is 3. The monoisotopic (exact) mass is 501 g/mol. The van der Waals surface area contributed by atoms with E-state index in [-0.39, 0.29) is 5.91 Å². The summed E-state index contributed by atoms with van der Waals surface area (Å²) in [6.45, 7) is 2.75. The Balaban J connectivity index is 1.32. The van der Waals surface area contributed by atoms with E-state index in [0.717, 1.165) is 63.2 Å². The van der Waals surface area contributed by atoms with Gasteiger partial charge in [0.2, 0.25) is 5.95 Å². The normalized spacial score (nSPS) is 18.7. The third-order valence-corrected chi connectivity index (χ3v) is 7.95. The Hall–Kier alpha value is -2.19. The molecule has 31 heavy (non-hydrogen) atoms. The largest absolute Gasteiger partial charge is 0.362 e. The van der Waals surface area contributed by atoms with E-state index in [1.807, 2.05) is 50.2 Å². The first-order valence-electron chi connectivity index (χ1n) is 10.7. The third-order valence-electron chi connectivity index (χ3n) is 5.82. The molecule has 4 rings (SSSR count). The van der Waals surface area contributed by atoms with Crippen LogP contribution in [0, 0.1) is 12.8 Å². The predicted molar refractivity (Wildman–Crippen MR) is 132 cm³/mol. The number of anilines is 2. The molecule has 0 unspecified atom stereocenters. The van der Waals surface area contributed by atoms with Gasteiger partial charge in [0.15, 0.2) is 0 Å². The molecule has 1 fully saturated rings. The molecule has 2 heterocycles. The molecule has 1 aliphatic carbocycles. The molecule has 2 aromatic heterocycles. The number of benzene rings is 1. The van der Waals surface area contributed by atoms with Gasteiger partial charge in [-0.15, -0.1) is 11.3 Å². The number of amides is 1. The molecule has 0 spiro atoms. The Morgan fingerprint density at radius 3 is 2.61 bits per heavy atom. The molecule has 0 radical (unpaired) electrons. The topological polar surface area (TPSA) is 70.2 Å². The Morgan fingerprint density at radius 2 is 1.94 bits per heavy atom. The van der Waals surface area contributed by atoms with E-state index in [2.05, 4.69) is 32.6 Å². The quantitative estimate of drug-likeness (QED) is 0.483. The fourth-order valence-electron chi connectivity index (χ4n) is 4.05. The van der Waals surface area contributed by atoms with Gasteiger partial charge in [0.25, 0.3) is 5.91 Å². The highest BCUT2D eigenvalue weighted by atomic mass is 79.9. The van der Waals surface area contributed by atoms with Crippen LogP contribution in [0.3, 0.4) is 0 Å². The van der Waals surface area contributed by atoms with Gasteiger partial charge in [-0.05, 0) is 72.7 Å². The summed E-state index contributed by atoms with van der Waals surface area (Å²) in [4.78, 5) is 25.8. The van der Waals surface area contributed by atoms with Gasteiger partial charge in [0.1, 0.15) is 5.82 Å². The van der Waals surface area contributed by atoms with Crippen LogP contribution in [0.2, 0.25) is 0 Å². The number of para-hydroxylation sites is 1. The molecule has 3 aromatic rings. The van der Waals surface area contributed by atoms with Crippen molar-refractivity contribution in [2.24, 2.45) is 5.92 Å². The molecule has 0 bridgehead atoms. The minimum Gasteiger partial charge on any atom is -0.362 e. The third kappa shape index (κ3) is 5.18. The van der Waals surface area contributed by atoms with Crippen LogP contribution in [0.4, 0.5) is 11.8 Å². The van der Waals surface area contributed by atoms with Crippen LogP contribution in [0.15, 0.2) is 34.8 Å². The van der Waals surface area contributed by atoms with Crippen LogP contribution in [0.5, 0.6) is 0 Å².